The normalized spacial score (nSPS) is 13.3. The summed E-state index contributed by atoms with van der Waals surface area (Å²) in [4.78, 5) is 27.4. The number of carbonyl (C=O) groups is 2. The summed E-state index contributed by atoms with van der Waals surface area (Å²) in [6.45, 7) is 2.34. The van der Waals surface area contributed by atoms with Gasteiger partial charge in [0.1, 0.15) is 27.9 Å². The first-order valence-corrected chi connectivity index (χ1v) is 13.1. The monoisotopic (exact) mass is 548 g/mol. The van der Waals surface area contributed by atoms with Gasteiger partial charge in [-0.05, 0) is 94.6 Å². The summed E-state index contributed by atoms with van der Waals surface area (Å²) in [6, 6.07) is 13.3. The fourth-order valence-corrected chi connectivity index (χ4v) is 5.21. The first kappa shape index (κ1) is 27.9. The molecule has 1 heterocycles. The van der Waals surface area contributed by atoms with Crippen molar-refractivity contribution in [1.82, 2.24) is 10.2 Å². The number of fused-ring (bicyclic) bond motifs is 1. The number of carbonyl (C=O) groups excluding carboxylic acids is 2. The Labute approximate surface area is 232 Å². The van der Waals surface area contributed by atoms with Gasteiger partial charge in [-0.2, -0.15) is 0 Å². The average molecular weight is 549 g/mol. The van der Waals surface area contributed by atoms with Gasteiger partial charge in [-0.25, -0.2) is 0 Å². The Kier molecular flexibility index (Phi) is 8.71. The van der Waals surface area contributed by atoms with Gasteiger partial charge in [0.25, 0.3) is 5.24 Å². The minimum Gasteiger partial charge on any atom is -0.497 e. The van der Waals surface area contributed by atoms with Gasteiger partial charge in [-0.1, -0.05) is 6.07 Å². The standard InChI is InChI=1S/C30H32N2O6S/c1-18-23(12-19-13-26(36-5)29(27(14-19)37-6)39-30(34)32(2)3)22-10-9-20(35-4)15-25(22)24(18)16-28(33)31-17-21-8-7-11-38-21/h7-15H,16-17H2,1-6H3,(H,31,33)/b23-12-. The molecule has 204 valence electrons. The smallest absolute Gasteiger partial charge is 0.286 e. The number of benzene rings is 2. The van der Waals surface area contributed by atoms with Crippen LogP contribution < -0.4 is 19.5 Å². The van der Waals surface area contributed by atoms with Gasteiger partial charge < -0.3 is 28.8 Å². The maximum Gasteiger partial charge on any atom is 0.286 e. The summed E-state index contributed by atoms with van der Waals surface area (Å²) in [5.74, 6) is 2.37. The molecule has 2 amide bonds. The van der Waals surface area contributed by atoms with Crippen molar-refractivity contribution in [2.45, 2.75) is 24.8 Å². The molecule has 3 aromatic rings. The van der Waals surface area contributed by atoms with Crippen molar-refractivity contribution in [3.63, 3.8) is 0 Å². The molecular weight excluding hydrogens is 516 g/mol. The molecule has 0 saturated carbocycles. The molecule has 2 aromatic carbocycles. The maximum atomic E-state index is 12.9. The number of nitrogens with zero attached hydrogens (tertiary/aromatic N) is 1. The van der Waals surface area contributed by atoms with Crippen molar-refractivity contribution in [2.24, 2.45) is 0 Å². The minimum atomic E-state index is -0.134. The van der Waals surface area contributed by atoms with E-state index >= 15 is 0 Å². The first-order valence-electron chi connectivity index (χ1n) is 12.3. The molecule has 1 aliphatic rings. The summed E-state index contributed by atoms with van der Waals surface area (Å²) in [5.41, 5.74) is 5.69. The number of hydrogen-bond donors (Lipinski definition) is 1. The van der Waals surface area contributed by atoms with Crippen LogP contribution in [-0.4, -0.2) is 51.5 Å². The average Bonchev–Trinajstić information content (AvgIpc) is 3.54. The van der Waals surface area contributed by atoms with E-state index in [1.807, 2.05) is 49.4 Å². The Morgan fingerprint density at radius 2 is 1.72 bits per heavy atom. The number of amides is 2. The Bertz CT molecular complexity index is 1410. The number of nitrogens with one attached hydrogen (secondary N) is 1. The number of allylic oxidation sites excluding steroid dienone is 2. The van der Waals surface area contributed by atoms with Gasteiger partial charge >= 0.3 is 0 Å². The van der Waals surface area contributed by atoms with Crippen LogP contribution >= 0.6 is 11.8 Å². The van der Waals surface area contributed by atoms with Gasteiger partial charge in [-0.15, -0.1) is 0 Å². The van der Waals surface area contributed by atoms with E-state index in [9.17, 15) is 9.59 Å². The fraction of sp³-hybridized carbons (Fsp3) is 0.267. The molecule has 0 spiro atoms. The van der Waals surface area contributed by atoms with Crippen LogP contribution in [0.5, 0.6) is 17.2 Å². The van der Waals surface area contributed by atoms with E-state index in [1.54, 1.807) is 47.8 Å². The largest absolute Gasteiger partial charge is 0.497 e. The molecule has 0 radical (unpaired) electrons. The van der Waals surface area contributed by atoms with E-state index in [0.717, 1.165) is 45.2 Å². The van der Waals surface area contributed by atoms with Crippen LogP contribution in [-0.2, 0) is 11.3 Å². The Morgan fingerprint density at radius 1 is 1.00 bits per heavy atom. The van der Waals surface area contributed by atoms with Crippen LogP contribution in [0.2, 0.25) is 0 Å². The van der Waals surface area contributed by atoms with Crippen LogP contribution in [0.4, 0.5) is 4.79 Å². The van der Waals surface area contributed by atoms with E-state index in [2.05, 4.69) is 5.32 Å². The Morgan fingerprint density at radius 3 is 2.31 bits per heavy atom. The summed E-state index contributed by atoms with van der Waals surface area (Å²) in [5, 5.41) is 2.80. The van der Waals surface area contributed by atoms with Crippen molar-refractivity contribution in [1.29, 1.82) is 0 Å². The van der Waals surface area contributed by atoms with Gasteiger partial charge in [0, 0.05) is 14.1 Å². The minimum absolute atomic E-state index is 0.106. The number of rotatable bonds is 9. The number of methoxy groups -OCH3 is 3. The third kappa shape index (κ3) is 6.15. The topological polar surface area (TPSA) is 90.2 Å². The molecule has 0 unspecified atom stereocenters. The van der Waals surface area contributed by atoms with Crippen LogP contribution in [0.15, 0.2) is 63.6 Å². The molecule has 0 atom stereocenters. The zero-order chi connectivity index (χ0) is 28.1. The molecule has 39 heavy (non-hydrogen) atoms. The van der Waals surface area contributed by atoms with Gasteiger partial charge in [0.2, 0.25) is 5.91 Å². The molecule has 4 rings (SSSR count). The second-order valence-corrected chi connectivity index (χ2v) is 10.1. The highest BCUT2D eigenvalue weighted by Gasteiger charge is 2.26. The quantitative estimate of drug-likeness (QED) is 0.323. The van der Waals surface area contributed by atoms with E-state index in [4.69, 9.17) is 18.6 Å². The van der Waals surface area contributed by atoms with Gasteiger partial charge in [-0.3, -0.25) is 9.59 Å². The highest BCUT2D eigenvalue weighted by molar-refractivity contribution is 8.13. The number of ether oxygens (including phenoxy) is 3. The molecule has 0 saturated heterocycles. The fourth-order valence-electron chi connectivity index (χ4n) is 4.37. The van der Waals surface area contributed by atoms with E-state index in [0.29, 0.717) is 34.4 Å². The van der Waals surface area contributed by atoms with E-state index < -0.39 is 0 Å². The molecule has 1 N–H and O–H groups in total. The third-order valence-electron chi connectivity index (χ3n) is 6.42. The molecule has 9 heteroatoms. The molecule has 0 bridgehead atoms. The molecule has 8 nitrogen and oxygen atoms in total. The second-order valence-electron chi connectivity index (χ2n) is 9.12. The molecule has 1 aliphatic carbocycles. The number of hydrogen-bond acceptors (Lipinski definition) is 7. The van der Waals surface area contributed by atoms with Crippen molar-refractivity contribution in [2.75, 3.05) is 35.4 Å². The van der Waals surface area contributed by atoms with Gasteiger partial charge in [0.15, 0.2) is 0 Å². The lowest BCUT2D eigenvalue weighted by molar-refractivity contribution is -0.120. The van der Waals surface area contributed by atoms with Gasteiger partial charge in [0.05, 0.1) is 40.6 Å². The summed E-state index contributed by atoms with van der Waals surface area (Å²) < 4.78 is 22.1. The number of thioether (sulfide) groups is 1. The predicted octanol–water partition coefficient (Wildman–Crippen LogP) is 6.11. The molecule has 1 aromatic heterocycles. The summed E-state index contributed by atoms with van der Waals surface area (Å²) in [7, 11) is 8.15. The van der Waals surface area contributed by atoms with Crippen molar-refractivity contribution < 1.29 is 28.2 Å². The molecule has 0 fully saturated rings. The summed E-state index contributed by atoms with van der Waals surface area (Å²) in [6.07, 6.45) is 3.83. The number of furan rings is 1. The van der Waals surface area contributed by atoms with Crippen LogP contribution in [0, 0.1) is 0 Å². The molecule has 0 aliphatic heterocycles. The lowest BCUT2D eigenvalue weighted by atomic mass is 10.00. The lowest BCUT2D eigenvalue weighted by Crippen LogP contribution is -2.22. The SMILES string of the molecule is COc1ccc2c(c1)C(CC(=O)NCc1ccco1)=C(C)/C2=C/c1cc(OC)c(SC(=O)N(C)C)c(OC)c1. The highest BCUT2D eigenvalue weighted by atomic mass is 32.2. The predicted molar refractivity (Wildman–Crippen MR) is 153 cm³/mol. The molecular formula is C30H32N2O6S. The zero-order valence-electron chi connectivity index (χ0n) is 22.9. The van der Waals surface area contributed by atoms with E-state index in [1.165, 1.54) is 4.90 Å². The lowest BCUT2D eigenvalue weighted by Gasteiger charge is -2.16. The maximum absolute atomic E-state index is 12.9. The zero-order valence-corrected chi connectivity index (χ0v) is 23.7. The van der Waals surface area contributed by atoms with Crippen molar-refractivity contribution in [3.8, 4) is 17.2 Å². The van der Waals surface area contributed by atoms with Crippen molar-refractivity contribution in [3.05, 3.63) is 76.8 Å². The Hall–Kier alpha value is -4.11. The third-order valence-corrected chi connectivity index (χ3v) is 7.57. The summed E-state index contributed by atoms with van der Waals surface area (Å²) >= 11 is 1.05. The second kappa shape index (κ2) is 12.2. The van der Waals surface area contributed by atoms with Crippen LogP contribution in [0.25, 0.3) is 17.2 Å². The van der Waals surface area contributed by atoms with E-state index in [-0.39, 0.29) is 17.6 Å². The highest BCUT2D eigenvalue weighted by Crippen LogP contribution is 2.46. The van der Waals surface area contributed by atoms with Crippen molar-refractivity contribution >= 4 is 40.1 Å². The first-order chi connectivity index (χ1) is 18.7. The van der Waals surface area contributed by atoms with Crippen LogP contribution in [0.3, 0.4) is 0 Å². The van der Waals surface area contributed by atoms with Crippen LogP contribution in [0.1, 0.15) is 35.8 Å². The Balaban J connectivity index is 1.72.